The lowest BCUT2D eigenvalue weighted by Gasteiger charge is -2.20. The number of fused-ring (bicyclic) bond motifs is 2. The minimum atomic E-state index is 1.22. The average molecular weight is 286 g/mol. The third-order valence-corrected chi connectivity index (χ3v) is 6.05. The fourth-order valence-electron chi connectivity index (χ4n) is 2.37. The highest BCUT2D eigenvalue weighted by Crippen LogP contribution is 2.49. The van der Waals surface area contributed by atoms with Crippen LogP contribution < -0.4 is 0 Å². The minimum absolute atomic E-state index is 1.22. The molecular weight excluding hydrogens is 268 g/mol. The van der Waals surface area contributed by atoms with Crippen molar-refractivity contribution in [2.75, 3.05) is 0 Å². The molecular formula is C17H18S2. The summed E-state index contributed by atoms with van der Waals surface area (Å²) in [5, 5.41) is 0. The minimum Gasteiger partial charge on any atom is -0.0877 e. The zero-order chi connectivity index (χ0) is 13.1. The molecule has 98 valence electrons. The van der Waals surface area contributed by atoms with E-state index < -0.39 is 0 Å². The molecule has 0 aromatic heterocycles. The van der Waals surface area contributed by atoms with Gasteiger partial charge in [-0.25, -0.2) is 0 Å². The smallest absolute Gasteiger partial charge is 0.0294 e. The second kappa shape index (κ2) is 6.06. The van der Waals surface area contributed by atoms with Crippen LogP contribution in [0.4, 0.5) is 0 Å². The van der Waals surface area contributed by atoms with Crippen molar-refractivity contribution in [2.24, 2.45) is 0 Å². The van der Waals surface area contributed by atoms with Crippen LogP contribution in [0.3, 0.4) is 0 Å². The fourth-order valence-corrected chi connectivity index (χ4v) is 4.79. The molecule has 0 unspecified atom stereocenters. The van der Waals surface area contributed by atoms with Gasteiger partial charge < -0.3 is 0 Å². The molecule has 0 saturated carbocycles. The van der Waals surface area contributed by atoms with E-state index in [0.717, 1.165) is 0 Å². The van der Waals surface area contributed by atoms with Crippen molar-refractivity contribution >= 4 is 23.5 Å². The van der Waals surface area contributed by atoms with Gasteiger partial charge >= 0.3 is 0 Å². The Morgan fingerprint density at radius 2 is 1.53 bits per heavy atom. The lowest BCUT2D eigenvalue weighted by atomic mass is 10.1. The average Bonchev–Trinajstić information content (AvgIpc) is 2.46. The SMILES string of the molecule is CCCCCc1cccc2c1Sc1ccccc1S2. The molecule has 2 heteroatoms. The first-order chi connectivity index (χ1) is 9.38. The van der Waals surface area contributed by atoms with Crippen molar-refractivity contribution in [1.82, 2.24) is 0 Å². The Labute approximate surface area is 124 Å². The van der Waals surface area contributed by atoms with E-state index in [0.29, 0.717) is 0 Å². The van der Waals surface area contributed by atoms with E-state index in [1.54, 1.807) is 0 Å². The van der Waals surface area contributed by atoms with Gasteiger partial charge in [0.1, 0.15) is 0 Å². The topological polar surface area (TPSA) is 0 Å². The molecule has 2 aromatic carbocycles. The van der Waals surface area contributed by atoms with Crippen molar-refractivity contribution in [2.45, 2.75) is 52.2 Å². The third kappa shape index (κ3) is 2.85. The van der Waals surface area contributed by atoms with Gasteiger partial charge in [-0.1, -0.05) is 67.6 Å². The zero-order valence-corrected chi connectivity index (χ0v) is 12.8. The van der Waals surface area contributed by atoms with E-state index in [1.165, 1.54) is 50.8 Å². The molecule has 2 aromatic rings. The second-order valence-corrected chi connectivity index (χ2v) is 6.99. The molecule has 3 rings (SSSR count). The highest BCUT2D eigenvalue weighted by molar-refractivity contribution is 8.05. The second-order valence-electron chi connectivity index (χ2n) is 4.85. The van der Waals surface area contributed by atoms with Crippen molar-refractivity contribution in [3.63, 3.8) is 0 Å². The Bertz CT molecular complexity index is 575. The lowest BCUT2D eigenvalue weighted by Crippen LogP contribution is -1.95. The molecule has 0 radical (unpaired) electrons. The van der Waals surface area contributed by atoms with E-state index in [4.69, 9.17) is 0 Å². The van der Waals surface area contributed by atoms with Crippen molar-refractivity contribution in [1.29, 1.82) is 0 Å². The van der Waals surface area contributed by atoms with Gasteiger partial charge in [-0.2, -0.15) is 0 Å². The van der Waals surface area contributed by atoms with Gasteiger partial charge in [0.05, 0.1) is 0 Å². The summed E-state index contributed by atoms with van der Waals surface area (Å²) in [6, 6.07) is 15.5. The van der Waals surface area contributed by atoms with E-state index in [1.807, 2.05) is 23.5 Å². The molecule has 0 atom stereocenters. The first kappa shape index (κ1) is 13.1. The summed E-state index contributed by atoms with van der Waals surface area (Å²) in [5.74, 6) is 0. The quantitative estimate of drug-likeness (QED) is 0.537. The van der Waals surface area contributed by atoms with Crippen LogP contribution in [-0.2, 0) is 6.42 Å². The molecule has 0 bridgehead atoms. The molecule has 19 heavy (non-hydrogen) atoms. The maximum atomic E-state index is 2.30. The Morgan fingerprint density at radius 3 is 2.32 bits per heavy atom. The molecule has 0 amide bonds. The molecule has 0 saturated heterocycles. The molecule has 0 spiro atoms. The molecule has 1 heterocycles. The summed E-state index contributed by atoms with van der Waals surface area (Å²) in [6.07, 6.45) is 5.14. The predicted molar refractivity (Wildman–Crippen MR) is 84.4 cm³/mol. The first-order valence-corrected chi connectivity index (χ1v) is 8.58. The van der Waals surface area contributed by atoms with Crippen LogP contribution >= 0.6 is 23.5 Å². The largest absolute Gasteiger partial charge is 0.0877 e. The highest BCUT2D eigenvalue weighted by Gasteiger charge is 2.18. The predicted octanol–water partition coefficient (Wildman–Crippen LogP) is 6.04. The van der Waals surface area contributed by atoms with Crippen LogP contribution in [0.5, 0.6) is 0 Å². The Hall–Kier alpha value is -0.860. The van der Waals surface area contributed by atoms with Crippen LogP contribution in [0.2, 0.25) is 0 Å². The number of hydrogen-bond acceptors (Lipinski definition) is 2. The Morgan fingerprint density at radius 1 is 0.789 bits per heavy atom. The highest BCUT2D eigenvalue weighted by atomic mass is 32.2. The standard InChI is InChI=1S/C17H18S2/c1-2-3-4-8-13-9-7-12-16-17(13)19-15-11-6-5-10-14(15)18-16/h5-7,9-12H,2-4,8H2,1H3. The van der Waals surface area contributed by atoms with Crippen molar-refractivity contribution < 1.29 is 0 Å². The molecule has 1 aliphatic rings. The van der Waals surface area contributed by atoms with E-state index >= 15 is 0 Å². The van der Waals surface area contributed by atoms with Gasteiger partial charge in [0.2, 0.25) is 0 Å². The zero-order valence-electron chi connectivity index (χ0n) is 11.2. The third-order valence-electron chi connectivity index (χ3n) is 3.39. The summed E-state index contributed by atoms with van der Waals surface area (Å²) >= 11 is 3.86. The molecule has 0 fully saturated rings. The summed E-state index contributed by atoms with van der Waals surface area (Å²) < 4.78 is 0. The number of aryl methyl sites for hydroxylation is 1. The van der Waals surface area contributed by atoms with Gasteiger partial charge in [0, 0.05) is 19.6 Å². The van der Waals surface area contributed by atoms with Gasteiger partial charge in [0.25, 0.3) is 0 Å². The van der Waals surface area contributed by atoms with Crippen LogP contribution in [0.15, 0.2) is 62.0 Å². The number of benzene rings is 2. The number of hydrogen-bond donors (Lipinski definition) is 0. The summed E-state index contributed by atoms with van der Waals surface area (Å²) in [7, 11) is 0. The number of unbranched alkanes of at least 4 members (excludes halogenated alkanes) is 2. The Kier molecular flexibility index (Phi) is 4.19. The van der Waals surface area contributed by atoms with Gasteiger partial charge in [-0.3, -0.25) is 0 Å². The van der Waals surface area contributed by atoms with Gasteiger partial charge in [-0.05, 0) is 36.6 Å². The molecule has 0 N–H and O–H groups in total. The van der Waals surface area contributed by atoms with Crippen LogP contribution in [0.25, 0.3) is 0 Å². The normalized spacial score (nSPS) is 12.9. The lowest BCUT2D eigenvalue weighted by molar-refractivity contribution is 0.709. The molecule has 0 aliphatic carbocycles. The van der Waals surface area contributed by atoms with Gasteiger partial charge in [-0.15, -0.1) is 0 Å². The van der Waals surface area contributed by atoms with Crippen molar-refractivity contribution in [3.8, 4) is 0 Å². The fraction of sp³-hybridized carbons (Fsp3) is 0.294. The molecule has 1 aliphatic heterocycles. The van der Waals surface area contributed by atoms with Gasteiger partial charge in [0.15, 0.2) is 0 Å². The van der Waals surface area contributed by atoms with E-state index in [2.05, 4.69) is 49.4 Å². The maximum absolute atomic E-state index is 2.30. The van der Waals surface area contributed by atoms with E-state index in [-0.39, 0.29) is 0 Å². The molecule has 0 nitrogen and oxygen atoms in total. The Balaban J connectivity index is 1.88. The maximum Gasteiger partial charge on any atom is 0.0294 e. The van der Waals surface area contributed by atoms with Crippen molar-refractivity contribution in [3.05, 3.63) is 48.0 Å². The van der Waals surface area contributed by atoms with Crippen LogP contribution in [0, 0.1) is 0 Å². The van der Waals surface area contributed by atoms with E-state index in [9.17, 15) is 0 Å². The summed E-state index contributed by atoms with van der Waals surface area (Å²) in [4.78, 5) is 5.72. The van der Waals surface area contributed by atoms with Crippen LogP contribution in [0.1, 0.15) is 31.7 Å². The monoisotopic (exact) mass is 286 g/mol. The first-order valence-electron chi connectivity index (χ1n) is 6.95. The van der Waals surface area contributed by atoms with Crippen LogP contribution in [-0.4, -0.2) is 0 Å². The summed E-state index contributed by atoms with van der Waals surface area (Å²) in [5.41, 5.74) is 1.53. The number of rotatable bonds is 4. The summed E-state index contributed by atoms with van der Waals surface area (Å²) in [6.45, 7) is 2.27.